The monoisotopic (exact) mass is 499 g/mol. The number of nitrogens with zero attached hydrogens (tertiary/aromatic N) is 1. The van der Waals surface area contributed by atoms with Crippen LogP contribution in [0, 0.1) is 5.92 Å². The zero-order valence-electron chi connectivity index (χ0n) is 19.4. The molecule has 2 aromatic rings. The molecular weight excluding hydrogens is 466 g/mol. The van der Waals surface area contributed by atoms with E-state index in [1.807, 2.05) is 31.2 Å². The van der Waals surface area contributed by atoms with Crippen LogP contribution in [0.5, 0.6) is 5.75 Å². The molecule has 1 atom stereocenters. The van der Waals surface area contributed by atoms with Crippen LogP contribution in [-0.2, 0) is 21.4 Å². The van der Waals surface area contributed by atoms with Crippen molar-refractivity contribution in [1.29, 1.82) is 0 Å². The minimum atomic E-state index is -0.216. The minimum Gasteiger partial charge on any atom is -0.485 e. The lowest BCUT2D eigenvalue weighted by atomic mass is 9.73. The van der Waals surface area contributed by atoms with Gasteiger partial charge in [-0.25, -0.2) is 0 Å². The van der Waals surface area contributed by atoms with Crippen LogP contribution in [0.25, 0.3) is 0 Å². The van der Waals surface area contributed by atoms with E-state index < -0.39 is 0 Å². The van der Waals surface area contributed by atoms with E-state index in [0.29, 0.717) is 12.5 Å². The predicted molar refractivity (Wildman–Crippen MR) is 131 cm³/mol. The van der Waals surface area contributed by atoms with Crippen molar-refractivity contribution in [2.75, 3.05) is 26.2 Å². The van der Waals surface area contributed by atoms with Crippen molar-refractivity contribution in [2.24, 2.45) is 5.92 Å². The van der Waals surface area contributed by atoms with E-state index in [2.05, 4.69) is 52.9 Å². The van der Waals surface area contributed by atoms with Crippen LogP contribution >= 0.6 is 15.9 Å². The molecule has 2 aromatic carbocycles. The highest BCUT2D eigenvalue weighted by Gasteiger charge is 2.46. The second-order valence-electron chi connectivity index (χ2n) is 9.61. The Morgan fingerprint density at radius 3 is 2.66 bits per heavy atom. The molecule has 0 bridgehead atoms. The third kappa shape index (κ3) is 5.04. The summed E-state index contributed by atoms with van der Waals surface area (Å²) in [5, 5.41) is 0. The highest BCUT2D eigenvalue weighted by molar-refractivity contribution is 9.10. The lowest BCUT2D eigenvalue weighted by Crippen LogP contribution is -2.43. The Labute approximate surface area is 200 Å². The number of benzene rings is 2. The van der Waals surface area contributed by atoms with Gasteiger partial charge in [-0.1, -0.05) is 54.0 Å². The third-order valence-corrected chi connectivity index (χ3v) is 7.32. The minimum absolute atomic E-state index is 0.0116. The molecule has 4 nitrogen and oxygen atoms in total. The number of piperidine rings is 1. The Balaban J connectivity index is 1.57. The van der Waals surface area contributed by atoms with Gasteiger partial charge in [0.15, 0.2) is 0 Å². The summed E-state index contributed by atoms with van der Waals surface area (Å²) in [5.41, 5.74) is 3.78. The van der Waals surface area contributed by atoms with Gasteiger partial charge in [0.05, 0.1) is 13.0 Å². The number of ether oxygens (including phenoxy) is 2. The molecule has 0 amide bonds. The first kappa shape index (κ1) is 23.3. The average molecular weight is 500 g/mol. The molecule has 0 radical (unpaired) electrons. The topological polar surface area (TPSA) is 38.8 Å². The summed E-state index contributed by atoms with van der Waals surface area (Å²) in [5.74, 6) is 1.26. The molecule has 1 fully saturated rings. The fourth-order valence-corrected chi connectivity index (χ4v) is 5.78. The Morgan fingerprint density at radius 2 is 1.94 bits per heavy atom. The quantitative estimate of drug-likeness (QED) is 0.433. The summed E-state index contributed by atoms with van der Waals surface area (Å²) in [6, 6.07) is 14.5. The molecule has 0 unspecified atom stereocenters. The largest absolute Gasteiger partial charge is 0.485 e. The molecule has 4 rings (SSSR count). The van der Waals surface area contributed by atoms with E-state index in [9.17, 15) is 4.79 Å². The third-order valence-electron chi connectivity index (χ3n) is 6.83. The maximum atomic E-state index is 12.1. The first-order chi connectivity index (χ1) is 15.4. The van der Waals surface area contributed by atoms with Gasteiger partial charge in [-0.05, 0) is 74.5 Å². The van der Waals surface area contributed by atoms with Crippen molar-refractivity contribution in [3.05, 3.63) is 63.6 Å². The maximum Gasteiger partial charge on any atom is 0.310 e. The highest BCUT2D eigenvalue weighted by Crippen LogP contribution is 2.52. The Kier molecular flexibility index (Phi) is 7.26. The number of carbonyl (C=O) groups is 1. The standard InChI is InChI=1S/C27H34BrNO3/c1-4-31-26(30)15-20-7-5-6-8-24(20)32-25-17-27(23-10-9-21(28)16-22(23)25)11-13-29(14-12-27)18-19(2)3/h5-10,16,19,25H,4,11-15,17-18H2,1-3H3/t25-/m1/s1. The number of hydrogen-bond donors (Lipinski definition) is 0. The summed E-state index contributed by atoms with van der Waals surface area (Å²) < 4.78 is 12.9. The SMILES string of the molecule is CCOC(=O)Cc1ccccc1O[C@@H]1CC2(CCN(CC(C)C)CC2)c2ccc(Br)cc21. The zero-order chi connectivity index (χ0) is 22.7. The van der Waals surface area contributed by atoms with Crippen LogP contribution in [0.3, 0.4) is 0 Å². The van der Waals surface area contributed by atoms with Crippen LogP contribution in [0.1, 0.15) is 62.8 Å². The van der Waals surface area contributed by atoms with Gasteiger partial charge in [-0.2, -0.15) is 0 Å². The second-order valence-corrected chi connectivity index (χ2v) is 10.5. The molecule has 1 aliphatic heterocycles. The molecule has 1 aliphatic carbocycles. The van der Waals surface area contributed by atoms with Gasteiger partial charge in [-0.15, -0.1) is 0 Å². The lowest BCUT2D eigenvalue weighted by Gasteiger charge is -2.40. The number of hydrogen-bond acceptors (Lipinski definition) is 4. The molecule has 1 saturated heterocycles. The molecule has 2 aliphatic rings. The van der Waals surface area contributed by atoms with Crippen molar-refractivity contribution in [1.82, 2.24) is 4.90 Å². The summed E-state index contributed by atoms with van der Waals surface area (Å²) in [6.07, 6.45) is 3.54. The predicted octanol–water partition coefficient (Wildman–Crippen LogP) is 6.07. The lowest BCUT2D eigenvalue weighted by molar-refractivity contribution is -0.142. The summed E-state index contributed by atoms with van der Waals surface area (Å²) in [7, 11) is 0. The van der Waals surface area contributed by atoms with Gasteiger partial charge in [-0.3, -0.25) is 4.79 Å². The Morgan fingerprint density at radius 1 is 1.19 bits per heavy atom. The van der Waals surface area contributed by atoms with Crippen LogP contribution < -0.4 is 4.74 Å². The van der Waals surface area contributed by atoms with Gasteiger partial charge in [0.25, 0.3) is 0 Å². The van der Waals surface area contributed by atoms with Crippen LogP contribution in [0.4, 0.5) is 0 Å². The van der Waals surface area contributed by atoms with Crippen molar-refractivity contribution >= 4 is 21.9 Å². The smallest absolute Gasteiger partial charge is 0.310 e. The number of rotatable bonds is 7. The van der Waals surface area contributed by atoms with Crippen molar-refractivity contribution in [3.8, 4) is 5.75 Å². The van der Waals surface area contributed by atoms with Crippen molar-refractivity contribution < 1.29 is 14.3 Å². The fraction of sp³-hybridized carbons (Fsp3) is 0.519. The summed E-state index contributed by atoms with van der Waals surface area (Å²) in [4.78, 5) is 14.7. The molecule has 1 heterocycles. The number of likely N-dealkylation sites (tertiary alicyclic amines) is 1. The van der Waals surface area contributed by atoms with Crippen molar-refractivity contribution in [2.45, 2.75) is 58.0 Å². The highest BCUT2D eigenvalue weighted by atomic mass is 79.9. The average Bonchev–Trinajstić information content (AvgIpc) is 3.03. The number of fused-ring (bicyclic) bond motifs is 2. The maximum absolute atomic E-state index is 12.1. The van der Waals surface area contributed by atoms with Crippen LogP contribution in [0.15, 0.2) is 46.9 Å². The fourth-order valence-electron chi connectivity index (χ4n) is 5.40. The first-order valence-electron chi connectivity index (χ1n) is 11.8. The van der Waals surface area contributed by atoms with E-state index in [-0.39, 0.29) is 23.9 Å². The second kappa shape index (κ2) is 9.96. The molecule has 5 heteroatoms. The van der Waals surface area contributed by atoms with E-state index in [1.54, 1.807) is 0 Å². The van der Waals surface area contributed by atoms with E-state index in [0.717, 1.165) is 35.3 Å². The normalized spacial score (nSPS) is 19.8. The van der Waals surface area contributed by atoms with Crippen LogP contribution in [-0.4, -0.2) is 37.1 Å². The number of para-hydroxylation sites is 1. The molecule has 1 spiro atoms. The van der Waals surface area contributed by atoms with E-state index >= 15 is 0 Å². The molecule has 0 aromatic heterocycles. The molecule has 0 N–H and O–H groups in total. The molecule has 0 saturated carbocycles. The van der Waals surface area contributed by atoms with E-state index in [4.69, 9.17) is 9.47 Å². The van der Waals surface area contributed by atoms with Gasteiger partial charge >= 0.3 is 5.97 Å². The number of esters is 1. The zero-order valence-corrected chi connectivity index (χ0v) is 21.0. The van der Waals surface area contributed by atoms with Gasteiger partial charge in [0, 0.05) is 22.0 Å². The van der Waals surface area contributed by atoms with E-state index in [1.165, 1.54) is 30.5 Å². The molecular formula is C27H34BrNO3. The van der Waals surface area contributed by atoms with Gasteiger partial charge in [0.2, 0.25) is 0 Å². The summed E-state index contributed by atoms with van der Waals surface area (Å²) >= 11 is 3.67. The first-order valence-corrected chi connectivity index (χ1v) is 12.6. The number of halogens is 1. The van der Waals surface area contributed by atoms with Gasteiger partial charge < -0.3 is 14.4 Å². The van der Waals surface area contributed by atoms with Crippen LogP contribution in [0.2, 0.25) is 0 Å². The summed E-state index contributed by atoms with van der Waals surface area (Å²) in [6.45, 7) is 10.3. The van der Waals surface area contributed by atoms with Gasteiger partial charge in [0.1, 0.15) is 11.9 Å². The van der Waals surface area contributed by atoms with Crippen molar-refractivity contribution in [3.63, 3.8) is 0 Å². The Hall–Kier alpha value is -1.85. The molecule has 172 valence electrons. The molecule has 32 heavy (non-hydrogen) atoms. The number of carbonyl (C=O) groups excluding carboxylic acids is 1. The Bertz CT molecular complexity index is 950.